The summed E-state index contributed by atoms with van der Waals surface area (Å²) in [4.78, 5) is 18.0. The predicted octanol–water partition coefficient (Wildman–Crippen LogP) is 4.34. The summed E-state index contributed by atoms with van der Waals surface area (Å²) in [6, 6.07) is 16.9. The SMILES string of the molecule is CCCCN1C(=S)N[C@H](c2ccccn2)[C@@H]1c1cccn1-c1ccc(C(=O)O)cc1. The highest BCUT2D eigenvalue weighted by atomic mass is 32.1. The fourth-order valence-electron chi connectivity index (χ4n) is 3.93. The maximum absolute atomic E-state index is 11.2. The van der Waals surface area contributed by atoms with Crippen molar-refractivity contribution in [3.8, 4) is 5.69 Å². The minimum Gasteiger partial charge on any atom is -0.478 e. The quantitative estimate of drug-likeness (QED) is 0.554. The third kappa shape index (κ3) is 3.80. The highest BCUT2D eigenvalue weighted by Crippen LogP contribution is 2.39. The van der Waals surface area contributed by atoms with Gasteiger partial charge in [-0.15, -0.1) is 0 Å². The van der Waals surface area contributed by atoms with Gasteiger partial charge < -0.3 is 19.9 Å². The zero-order chi connectivity index (χ0) is 21.1. The van der Waals surface area contributed by atoms with E-state index in [-0.39, 0.29) is 17.6 Å². The lowest BCUT2D eigenvalue weighted by Gasteiger charge is -2.29. The number of unbranched alkanes of at least 4 members (excludes halogenated alkanes) is 1. The van der Waals surface area contributed by atoms with E-state index in [0.717, 1.165) is 41.6 Å². The Kier molecular flexibility index (Phi) is 5.81. The van der Waals surface area contributed by atoms with Gasteiger partial charge >= 0.3 is 5.97 Å². The van der Waals surface area contributed by atoms with Crippen molar-refractivity contribution >= 4 is 23.3 Å². The van der Waals surface area contributed by atoms with E-state index in [1.807, 2.05) is 42.6 Å². The van der Waals surface area contributed by atoms with Crippen LogP contribution in [0.25, 0.3) is 5.69 Å². The van der Waals surface area contributed by atoms with Gasteiger partial charge in [-0.2, -0.15) is 0 Å². The largest absolute Gasteiger partial charge is 0.478 e. The number of hydrogen-bond donors (Lipinski definition) is 2. The maximum atomic E-state index is 11.2. The van der Waals surface area contributed by atoms with E-state index in [0.29, 0.717) is 0 Å². The molecule has 6 nitrogen and oxygen atoms in total. The van der Waals surface area contributed by atoms with E-state index in [1.165, 1.54) is 0 Å². The van der Waals surface area contributed by atoms with E-state index in [9.17, 15) is 9.90 Å². The van der Waals surface area contributed by atoms with Crippen LogP contribution in [0.15, 0.2) is 67.0 Å². The number of aromatic carboxylic acids is 1. The predicted molar refractivity (Wildman–Crippen MR) is 120 cm³/mol. The summed E-state index contributed by atoms with van der Waals surface area (Å²) in [7, 11) is 0. The first-order chi connectivity index (χ1) is 14.6. The van der Waals surface area contributed by atoms with Crippen molar-refractivity contribution in [2.75, 3.05) is 6.54 Å². The molecule has 0 unspecified atom stereocenters. The fourth-order valence-corrected chi connectivity index (χ4v) is 4.26. The van der Waals surface area contributed by atoms with Crippen molar-refractivity contribution in [1.29, 1.82) is 0 Å². The van der Waals surface area contributed by atoms with Crippen LogP contribution in [-0.4, -0.2) is 37.2 Å². The Morgan fingerprint density at radius 2 is 1.97 bits per heavy atom. The first kappa shape index (κ1) is 20.1. The standard InChI is InChI=1S/C23H24N4O2S/c1-2-3-14-27-21(20(25-23(27)30)18-7-4-5-13-24-18)19-8-6-15-26(19)17-11-9-16(10-12-17)22(28)29/h4-13,15,20-21H,2-3,14H2,1H3,(H,25,30)(H,28,29)/t20-,21+/m1/s1. The van der Waals surface area contributed by atoms with Gasteiger partial charge in [0.15, 0.2) is 5.11 Å². The smallest absolute Gasteiger partial charge is 0.335 e. The third-order valence-corrected chi connectivity index (χ3v) is 5.78. The Labute approximate surface area is 181 Å². The molecule has 0 amide bonds. The highest BCUT2D eigenvalue weighted by molar-refractivity contribution is 7.80. The molecule has 1 aliphatic heterocycles. The number of nitrogens with one attached hydrogen (secondary N) is 1. The van der Waals surface area contributed by atoms with Crippen LogP contribution in [0.1, 0.15) is 53.6 Å². The van der Waals surface area contributed by atoms with E-state index >= 15 is 0 Å². The average molecular weight is 421 g/mol. The molecular formula is C23H24N4O2S. The number of hydrogen-bond acceptors (Lipinski definition) is 3. The summed E-state index contributed by atoms with van der Waals surface area (Å²) in [5, 5.41) is 13.4. The van der Waals surface area contributed by atoms with Gasteiger partial charge in [0.2, 0.25) is 0 Å². The Morgan fingerprint density at radius 3 is 2.63 bits per heavy atom. The molecule has 154 valence electrons. The summed E-state index contributed by atoms with van der Waals surface area (Å²) >= 11 is 5.70. The van der Waals surface area contributed by atoms with Crippen LogP contribution in [0.5, 0.6) is 0 Å². The average Bonchev–Trinajstić information content (AvgIpc) is 3.37. The van der Waals surface area contributed by atoms with Crippen molar-refractivity contribution in [2.45, 2.75) is 31.8 Å². The number of carboxylic acid groups (broad SMARTS) is 1. The fraction of sp³-hybridized carbons (Fsp3) is 0.261. The molecule has 30 heavy (non-hydrogen) atoms. The van der Waals surface area contributed by atoms with Crippen LogP contribution in [0.2, 0.25) is 0 Å². The molecular weight excluding hydrogens is 396 g/mol. The monoisotopic (exact) mass is 420 g/mol. The van der Waals surface area contributed by atoms with Crippen molar-refractivity contribution in [3.05, 3.63) is 83.9 Å². The molecule has 3 heterocycles. The first-order valence-corrected chi connectivity index (χ1v) is 10.5. The number of aromatic nitrogens is 2. The summed E-state index contributed by atoms with van der Waals surface area (Å²) < 4.78 is 2.10. The number of carboxylic acids is 1. The number of carbonyl (C=O) groups is 1. The molecule has 1 fully saturated rings. The topological polar surface area (TPSA) is 70.4 Å². The van der Waals surface area contributed by atoms with E-state index in [2.05, 4.69) is 32.8 Å². The number of nitrogens with zero attached hydrogens (tertiary/aromatic N) is 3. The summed E-state index contributed by atoms with van der Waals surface area (Å²) in [6.07, 6.45) is 5.93. The van der Waals surface area contributed by atoms with Gasteiger partial charge in [-0.3, -0.25) is 4.98 Å². The second-order valence-electron chi connectivity index (χ2n) is 7.33. The van der Waals surface area contributed by atoms with Gasteiger partial charge in [0.25, 0.3) is 0 Å². The van der Waals surface area contributed by atoms with Crippen LogP contribution < -0.4 is 5.32 Å². The first-order valence-electron chi connectivity index (χ1n) is 10.1. The molecule has 2 N–H and O–H groups in total. The Bertz CT molecular complexity index is 1030. The van der Waals surface area contributed by atoms with Crippen molar-refractivity contribution < 1.29 is 9.90 Å². The number of benzene rings is 1. The van der Waals surface area contributed by atoms with Gasteiger partial charge in [-0.05, 0) is 67.2 Å². The van der Waals surface area contributed by atoms with Gasteiger partial charge in [0, 0.05) is 30.3 Å². The molecule has 0 aliphatic carbocycles. The van der Waals surface area contributed by atoms with E-state index in [1.54, 1.807) is 18.3 Å². The molecule has 0 bridgehead atoms. The van der Waals surface area contributed by atoms with Crippen LogP contribution in [0.4, 0.5) is 0 Å². The molecule has 4 rings (SSSR count). The van der Waals surface area contributed by atoms with Crippen LogP contribution in [-0.2, 0) is 0 Å². The molecule has 0 spiro atoms. The summed E-state index contributed by atoms with van der Waals surface area (Å²) in [5.41, 5.74) is 3.20. The van der Waals surface area contributed by atoms with E-state index in [4.69, 9.17) is 12.2 Å². The van der Waals surface area contributed by atoms with Crippen molar-refractivity contribution in [1.82, 2.24) is 19.8 Å². The third-order valence-electron chi connectivity index (χ3n) is 5.43. The molecule has 1 saturated heterocycles. The van der Waals surface area contributed by atoms with Crippen molar-refractivity contribution in [3.63, 3.8) is 0 Å². The lowest BCUT2D eigenvalue weighted by atomic mass is 10.0. The Hall–Kier alpha value is -3.19. The van der Waals surface area contributed by atoms with Gasteiger partial charge in [0.05, 0.1) is 23.3 Å². The second-order valence-corrected chi connectivity index (χ2v) is 7.72. The van der Waals surface area contributed by atoms with E-state index < -0.39 is 5.97 Å². The molecule has 2 aromatic heterocycles. The molecule has 2 atom stereocenters. The highest BCUT2D eigenvalue weighted by Gasteiger charge is 2.40. The number of thiocarbonyl (C=S) groups is 1. The zero-order valence-corrected chi connectivity index (χ0v) is 17.5. The minimum absolute atomic E-state index is 0.0203. The van der Waals surface area contributed by atoms with Crippen LogP contribution in [0.3, 0.4) is 0 Å². The maximum Gasteiger partial charge on any atom is 0.335 e. The summed E-state index contributed by atoms with van der Waals surface area (Å²) in [5.74, 6) is -0.930. The summed E-state index contributed by atoms with van der Waals surface area (Å²) in [6.45, 7) is 3.03. The van der Waals surface area contributed by atoms with Crippen LogP contribution in [0, 0.1) is 0 Å². The number of pyridine rings is 1. The zero-order valence-electron chi connectivity index (χ0n) is 16.7. The molecule has 0 saturated carbocycles. The molecule has 0 radical (unpaired) electrons. The lowest BCUT2D eigenvalue weighted by molar-refractivity contribution is 0.0697. The normalized spacial score (nSPS) is 18.4. The lowest BCUT2D eigenvalue weighted by Crippen LogP contribution is -2.31. The van der Waals surface area contributed by atoms with Gasteiger partial charge in [-0.25, -0.2) is 4.79 Å². The van der Waals surface area contributed by atoms with Gasteiger partial charge in [0.1, 0.15) is 0 Å². The molecule has 1 aromatic carbocycles. The molecule has 3 aromatic rings. The number of rotatable bonds is 7. The second kappa shape index (κ2) is 8.67. The Morgan fingerprint density at radius 1 is 1.17 bits per heavy atom. The molecule has 1 aliphatic rings. The van der Waals surface area contributed by atoms with Crippen molar-refractivity contribution in [2.24, 2.45) is 0 Å². The van der Waals surface area contributed by atoms with Crippen LogP contribution >= 0.6 is 12.2 Å². The molecule has 7 heteroatoms. The minimum atomic E-state index is -0.930. The Balaban J connectivity index is 1.76. The van der Waals surface area contributed by atoms with Gasteiger partial charge in [-0.1, -0.05) is 19.4 Å².